The Morgan fingerprint density at radius 3 is 2.47 bits per heavy atom. The van der Waals surface area contributed by atoms with Crippen molar-refractivity contribution in [1.82, 2.24) is 20.4 Å². The lowest BCUT2D eigenvalue weighted by atomic mass is 10.0. The van der Waals surface area contributed by atoms with Crippen molar-refractivity contribution < 1.29 is 9.53 Å². The molecular weight excluding hydrogens is 519 g/mol. The number of nitrogens with one attached hydrogen (secondary N) is 2. The molecule has 1 saturated heterocycles. The van der Waals surface area contributed by atoms with E-state index in [2.05, 4.69) is 27.6 Å². The largest absolute Gasteiger partial charge is 0.363 e. The van der Waals surface area contributed by atoms with Crippen molar-refractivity contribution in [1.29, 1.82) is 0 Å². The van der Waals surface area contributed by atoms with E-state index in [0.717, 1.165) is 35.5 Å². The number of hydrogen-bond donors (Lipinski definition) is 2. The van der Waals surface area contributed by atoms with Gasteiger partial charge in [0.2, 0.25) is 0 Å². The van der Waals surface area contributed by atoms with Crippen LogP contribution in [0.2, 0.25) is 10.0 Å². The lowest BCUT2D eigenvalue weighted by Gasteiger charge is -2.25. The van der Waals surface area contributed by atoms with Gasteiger partial charge in [-0.1, -0.05) is 47.2 Å². The Bertz CT molecular complexity index is 1300. The molecule has 0 spiro atoms. The van der Waals surface area contributed by atoms with Crippen molar-refractivity contribution in [3.8, 4) is 28.8 Å². The average molecular weight is 548 g/mol. The van der Waals surface area contributed by atoms with Gasteiger partial charge in [-0.05, 0) is 58.0 Å². The zero-order chi connectivity index (χ0) is 25.2. The molecule has 190 valence electrons. The first kappa shape index (κ1) is 28.0. The maximum Gasteiger partial charge on any atom is 0.272 e. The summed E-state index contributed by atoms with van der Waals surface area (Å²) in [5.74, 6) is 5.88. The Morgan fingerprint density at radius 1 is 1.19 bits per heavy atom. The molecule has 4 rings (SSSR count). The third kappa shape index (κ3) is 6.61. The molecule has 2 heterocycles. The molecule has 0 radical (unpaired) electrons. The SMILES string of the molecule is Cc1c(C(=O)NC(C)(C)C)nn(-c2ccc(C#CCOC3CNC3)cc2Cl)c1-c1ccc(Cl)cc1.Cl. The van der Waals surface area contributed by atoms with E-state index in [1.807, 2.05) is 64.1 Å². The number of rotatable bonds is 5. The quantitative estimate of drug-likeness (QED) is 0.417. The van der Waals surface area contributed by atoms with Gasteiger partial charge in [-0.15, -0.1) is 12.4 Å². The van der Waals surface area contributed by atoms with Crippen molar-refractivity contribution in [2.24, 2.45) is 0 Å². The third-order valence-corrected chi connectivity index (χ3v) is 6.04. The standard InChI is InChI=1S/C27H28Cl2N4O2.ClH/c1-17-24(26(34)31-27(2,3)4)32-33(25(17)19-8-10-20(28)11-9-19)23-12-7-18(14-22(23)29)6-5-13-35-21-15-30-16-21;/h7-12,14,21,30H,13,15-16H2,1-4H3,(H,31,34);1H. The molecule has 1 fully saturated rings. The Morgan fingerprint density at radius 2 is 1.89 bits per heavy atom. The summed E-state index contributed by atoms with van der Waals surface area (Å²) in [6.45, 7) is 9.80. The van der Waals surface area contributed by atoms with Gasteiger partial charge in [0.1, 0.15) is 6.61 Å². The molecule has 0 unspecified atom stereocenters. The number of hydrogen-bond acceptors (Lipinski definition) is 4. The maximum atomic E-state index is 13.0. The van der Waals surface area contributed by atoms with Gasteiger partial charge in [0.15, 0.2) is 5.69 Å². The highest BCUT2D eigenvalue weighted by Gasteiger charge is 2.25. The molecule has 2 N–H and O–H groups in total. The zero-order valence-corrected chi connectivity index (χ0v) is 22.9. The van der Waals surface area contributed by atoms with E-state index in [-0.39, 0.29) is 24.4 Å². The van der Waals surface area contributed by atoms with Gasteiger partial charge < -0.3 is 15.4 Å². The predicted octanol–water partition coefficient (Wildman–Crippen LogP) is 5.44. The lowest BCUT2D eigenvalue weighted by Crippen LogP contribution is -2.48. The number of carbonyl (C=O) groups is 1. The van der Waals surface area contributed by atoms with Gasteiger partial charge in [-0.3, -0.25) is 4.79 Å². The highest BCUT2D eigenvalue weighted by atomic mass is 35.5. The molecule has 1 amide bonds. The summed E-state index contributed by atoms with van der Waals surface area (Å²) in [7, 11) is 0. The fourth-order valence-electron chi connectivity index (χ4n) is 3.67. The second kappa shape index (κ2) is 11.7. The minimum atomic E-state index is -0.398. The van der Waals surface area contributed by atoms with Crippen molar-refractivity contribution >= 4 is 41.5 Å². The van der Waals surface area contributed by atoms with E-state index in [9.17, 15) is 4.79 Å². The molecule has 1 aliphatic heterocycles. The summed E-state index contributed by atoms with van der Waals surface area (Å²) < 4.78 is 7.35. The molecule has 9 heteroatoms. The second-order valence-corrected chi connectivity index (χ2v) is 10.3. The first-order chi connectivity index (χ1) is 16.6. The van der Waals surface area contributed by atoms with Crippen molar-refractivity contribution in [3.63, 3.8) is 0 Å². The Labute approximate surface area is 228 Å². The van der Waals surface area contributed by atoms with E-state index in [1.165, 1.54) is 0 Å². The molecule has 0 aliphatic carbocycles. The highest BCUT2D eigenvalue weighted by molar-refractivity contribution is 6.32. The van der Waals surface area contributed by atoms with E-state index in [1.54, 1.807) is 10.7 Å². The average Bonchev–Trinajstić information content (AvgIpc) is 3.09. The molecule has 0 bridgehead atoms. The molecule has 6 nitrogen and oxygen atoms in total. The summed E-state index contributed by atoms with van der Waals surface area (Å²) in [5.41, 5.74) is 3.75. The smallest absolute Gasteiger partial charge is 0.272 e. The van der Waals surface area contributed by atoms with Crippen LogP contribution in [0.5, 0.6) is 0 Å². The van der Waals surface area contributed by atoms with Crippen LogP contribution in [0, 0.1) is 18.8 Å². The number of aromatic nitrogens is 2. The predicted molar refractivity (Wildman–Crippen MR) is 148 cm³/mol. The fraction of sp³-hybridized carbons (Fsp3) is 0.333. The summed E-state index contributed by atoms with van der Waals surface area (Å²) in [6.07, 6.45) is 0.245. The van der Waals surface area contributed by atoms with Gasteiger partial charge >= 0.3 is 0 Å². The Balaban J connectivity index is 0.00000361. The number of halogens is 3. The van der Waals surface area contributed by atoms with Crippen LogP contribution in [0.15, 0.2) is 42.5 Å². The van der Waals surface area contributed by atoms with Crippen LogP contribution in [0.1, 0.15) is 42.4 Å². The van der Waals surface area contributed by atoms with Gasteiger partial charge in [0, 0.05) is 40.3 Å². The molecule has 0 saturated carbocycles. The highest BCUT2D eigenvalue weighted by Crippen LogP contribution is 2.32. The van der Waals surface area contributed by atoms with Gasteiger partial charge in [0.05, 0.1) is 22.5 Å². The zero-order valence-electron chi connectivity index (χ0n) is 20.6. The van der Waals surface area contributed by atoms with Gasteiger partial charge in [-0.2, -0.15) is 5.10 Å². The van der Waals surface area contributed by atoms with Crippen molar-refractivity contribution in [2.45, 2.75) is 39.3 Å². The van der Waals surface area contributed by atoms with Gasteiger partial charge in [0.25, 0.3) is 5.91 Å². The first-order valence-corrected chi connectivity index (χ1v) is 12.2. The van der Waals surface area contributed by atoms with Crippen molar-refractivity contribution in [2.75, 3.05) is 19.7 Å². The summed E-state index contributed by atoms with van der Waals surface area (Å²) in [4.78, 5) is 13.0. The maximum absolute atomic E-state index is 13.0. The lowest BCUT2D eigenvalue weighted by molar-refractivity contribution is 0.0394. The monoisotopic (exact) mass is 546 g/mol. The number of carbonyl (C=O) groups excluding carboxylic acids is 1. The van der Waals surface area contributed by atoms with E-state index in [4.69, 9.17) is 27.9 Å². The molecule has 0 atom stereocenters. The number of amides is 1. The Hall–Kier alpha value is -2.53. The number of nitrogens with zero attached hydrogens (tertiary/aromatic N) is 2. The van der Waals surface area contributed by atoms with Gasteiger partial charge in [-0.25, -0.2) is 4.68 Å². The number of ether oxygens (including phenoxy) is 1. The molecule has 3 aromatic rings. The molecule has 36 heavy (non-hydrogen) atoms. The molecule has 1 aromatic heterocycles. The van der Waals surface area contributed by atoms with E-state index < -0.39 is 5.54 Å². The van der Waals surface area contributed by atoms with Crippen LogP contribution in [0.4, 0.5) is 0 Å². The van der Waals surface area contributed by atoms with E-state index in [0.29, 0.717) is 28.0 Å². The summed E-state index contributed by atoms with van der Waals surface area (Å²) >= 11 is 12.8. The van der Waals surface area contributed by atoms with Crippen LogP contribution in [-0.2, 0) is 4.74 Å². The molecule has 2 aromatic carbocycles. The third-order valence-electron chi connectivity index (χ3n) is 5.49. The van der Waals surface area contributed by atoms with Crippen LogP contribution < -0.4 is 10.6 Å². The fourth-order valence-corrected chi connectivity index (χ4v) is 4.05. The van der Waals surface area contributed by atoms with Crippen LogP contribution in [0.3, 0.4) is 0 Å². The Kier molecular flexibility index (Phi) is 9.10. The molecular formula is C27H29Cl3N4O2. The molecule has 1 aliphatic rings. The summed E-state index contributed by atoms with van der Waals surface area (Å²) in [6, 6.07) is 13.0. The van der Waals surface area contributed by atoms with Crippen LogP contribution >= 0.6 is 35.6 Å². The normalized spacial score (nSPS) is 13.3. The topological polar surface area (TPSA) is 68.2 Å². The second-order valence-electron chi connectivity index (χ2n) is 9.50. The minimum Gasteiger partial charge on any atom is -0.363 e. The van der Waals surface area contributed by atoms with Crippen LogP contribution in [0.25, 0.3) is 16.9 Å². The summed E-state index contributed by atoms with van der Waals surface area (Å²) in [5, 5.41) is 11.9. The van der Waals surface area contributed by atoms with Crippen LogP contribution in [-0.4, -0.2) is 47.0 Å². The number of benzene rings is 2. The minimum absolute atomic E-state index is 0. The first-order valence-electron chi connectivity index (χ1n) is 11.4. The van der Waals surface area contributed by atoms with Crippen molar-refractivity contribution in [3.05, 3.63) is 69.3 Å². The van der Waals surface area contributed by atoms with E-state index >= 15 is 0 Å².